The minimum atomic E-state index is 0. The smallest absolute Gasteiger partial charge is 0.220 e. The minimum absolute atomic E-state index is 0. The first kappa shape index (κ1) is 19.0. The van der Waals surface area contributed by atoms with Crippen molar-refractivity contribution in [2.75, 3.05) is 13.1 Å². The Kier molecular flexibility index (Phi) is 7.91. The van der Waals surface area contributed by atoms with E-state index in [1.54, 1.807) is 0 Å². The van der Waals surface area contributed by atoms with E-state index < -0.39 is 0 Å². The molecule has 1 unspecified atom stereocenters. The standard InChI is InChI=1S/C18H28N2O.ClH/c1-13-4-6-17(12-14(13)2)15(3)20-18(21)7-5-16-8-10-19-11-9-16;/h4,6,12,15-16,19H,5,7-11H2,1-3H3,(H,20,21);1H. The average Bonchev–Trinajstić information content (AvgIpc) is 2.49. The first-order valence-corrected chi connectivity index (χ1v) is 8.13. The maximum atomic E-state index is 12.1. The molecule has 1 atom stereocenters. The molecule has 0 radical (unpaired) electrons. The summed E-state index contributed by atoms with van der Waals surface area (Å²) >= 11 is 0. The maximum absolute atomic E-state index is 12.1. The predicted octanol–water partition coefficient (Wildman–Crippen LogP) is 3.68. The Morgan fingerprint density at radius 2 is 1.95 bits per heavy atom. The SMILES string of the molecule is Cc1ccc(C(C)NC(=O)CCC2CCNCC2)cc1C.Cl. The molecule has 0 spiro atoms. The Balaban J connectivity index is 0.00000242. The second-order valence-electron chi connectivity index (χ2n) is 6.36. The van der Waals surface area contributed by atoms with Crippen LogP contribution in [0.4, 0.5) is 0 Å². The molecule has 1 aromatic rings. The van der Waals surface area contributed by atoms with Gasteiger partial charge >= 0.3 is 0 Å². The lowest BCUT2D eigenvalue weighted by atomic mass is 9.93. The molecule has 0 saturated carbocycles. The third-order valence-electron chi connectivity index (χ3n) is 4.65. The van der Waals surface area contributed by atoms with E-state index in [1.807, 2.05) is 0 Å². The second-order valence-corrected chi connectivity index (χ2v) is 6.36. The predicted molar refractivity (Wildman–Crippen MR) is 94.5 cm³/mol. The van der Waals surface area contributed by atoms with Gasteiger partial charge in [0.25, 0.3) is 0 Å². The quantitative estimate of drug-likeness (QED) is 0.867. The molecule has 2 N–H and O–H groups in total. The van der Waals surface area contributed by atoms with Crippen molar-refractivity contribution in [3.63, 3.8) is 0 Å². The van der Waals surface area contributed by atoms with Gasteiger partial charge in [-0.15, -0.1) is 12.4 Å². The molecule has 124 valence electrons. The number of carbonyl (C=O) groups excluding carboxylic acids is 1. The summed E-state index contributed by atoms with van der Waals surface area (Å²) in [6, 6.07) is 6.50. The number of aryl methyl sites for hydroxylation is 2. The Morgan fingerprint density at radius 3 is 2.59 bits per heavy atom. The van der Waals surface area contributed by atoms with Gasteiger partial charge in [0, 0.05) is 6.42 Å². The zero-order valence-corrected chi connectivity index (χ0v) is 14.8. The van der Waals surface area contributed by atoms with Gasteiger partial charge in [-0.2, -0.15) is 0 Å². The molecular formula is C18H29ClN2O. The highest BCUT2D eigenvalue weighted by Gasteiger charge is 2.16. The number of carbonyl (C=O) groups is 1. The van der Waals surface area contributed by atoms with E-state index >= 15 is 0 Å². The molecule has 0 aromatic heterocycles. The van der Waals surface area contributed by atoms with Crippen LogP contribution in [0, 0.1) is 19.8 Å². The molecule has 22 heavy (non-hydrogen) atoms. The monoisotopic (exact) mass is 324 g/mol. The third-order valence-corrected chi connectivity index (χ3v) is 4.65. The highest BCUT2D eigenvalue weighted by molar-refractivity contribution is 5.85. The van der Waals surface area contributed by atoms with Crippen molar-refractivity contribution in [3.05, 3.63) is 34.9 Å². The van der Waals surface area contributed by atoms with Gasteiger partial charge in [-0.25, -0.2) is 0 Å². The summed E-state index contributed by atoms with van der Waals surface area (Å²) < 4.78 is 0. The fraction of sp³-hybridized carbons (Fsp3) is 0.611. The van der Waals surface area contributed by atoms with Crippen molar-refractivity contribution < 1.29 is 4.79 Å². The Hall–Kier alpha value is -1.06. The zero-order valence-electron chi connectivity index (χ0n) is 13.9. The number of nitrogens with one attached hydrogen (secondary N) is 2. The molecule has 1 aromatic carbocycles. The highest BCUT2D eigenvalue weighted by atomic mass is 35.5. The van der Waals surface area contributed by atoms with Gasteiger partial charge in [-0.3, -0.25) is 4.79 Å². The number of piperidine rings is 1. The van der Waals surface area contributed by atoms with Crippen LogP contribution in [0.5, 0.6) is 0 Å². The fourth-order valence-corrected chi connectivity index (χ4v) is 2.94. The first-order chi connectivity index (χ1) is 10.1. The van der Waals surface area contributed by atoms with E-state index in [1.165, 1.54) is 29.5 Å². The molecule has 1 aliphatic rings. The lowest BCUT2D eigenvalue weighted by Crippen LogP contribution is -2.30. The Bertz CT molecular complexity index is 484. The molecule has 1 amide bonds. The van der Waals surface area contributed by atoms with Crippen molar-refractivity contribution in [1.82, 2.24) is 10.6 Å². The van der Waals surface area contributed by atoms with Crippen LogP contribution in [0.2, 0.25) is 0 Å². The van der Waals surface area contributed by atoms with Crippen LogP contribution in [-0.2, 0) is 4.79 Å². The molecular weight excluding hydrogens is 296 g/mol. The molecule has 4 heteroatoms. The summed E-state index contributed by atoms with van der Waals surface area (Å²) in [6.07, 6.45) is 4.09. The van der Waals surface area contributed by atoms with Crippen molar-refractivity contribution in [3.8, 4) is 0 Å². The number of amides is 1. The van der Waals surface area contributed by atoms with Gasteiger partial charge < -0.3 is 10.6 Å². The van der Waals surface area contributed by atoms with E-state index in [0.29, 0.717) is 12.3 Å². The van der Waals surface area contributed by atoms with E-state index in [0.717, 1.165) is 19.5 Å². The summed E-state index contributed by atoms with van der Waals surface area (Å²) in [5.74, 6) is 0.896. The summed E-state index contributed by atoms with van der Waals surface area (Å²) in [5.41, 5.74) is 3.76. The molecule has 2 rings (SSSR count). The second kappa shape index (κ2) is 9.16. The fourth-order valence-electron chi connectivity index (χ4n) is 2.94. The molecule has 1 heterocycles. The first-order valence-electron chi connectivity index (χ1n) is 8.13. The van der Waals surface area contributed by atoms with Crippen molar-refractivity contribution in [2.24, 2.45) is 5.92 Å². The largest absolute Gasteiger partial charge is 0.350 e. The Labute approximate surface area is 140 Å². The number of halogens is 1. The number of rotatable bonds is 5. The van der Waals surface area contributed by atoms with Crippen LogP contribution in [0.1, 0.15) is 55.3 Å². The van der Waals surface area contributed by atoms with E-state index in [9.17, 15) is 4.79 Å². The van der Waals surface area contributed by atoms with Gasteiger partial charge in [0.05, 0.1) is 6.04 Å². The summed E-state index contributed by atoms with van der Waals surface area (Å²) in [5, 5.41) is 6.49. The third kappa shape index (κ3) is 5.62. The van der Waals surface area contributed by atoms with Gasteiger partial charge in [0.2, 0.25) is 5.91 Å². The number of benzene rings is 1. The molecule has 0 bridgehead atoms. The van der Waals surface area contributed by atoms with Crippen LogP contribution in [0.3, 0.4) is 0 Å². The lowest BCUT2D eigenvalue weighted by molar-refractivity contribution is -0.122. The zero-order chi connectivity index (χ0) is 15.2. The maximum Gasteiger partial charge on any atom is 0.220 e. The van der Waals surface area contributed by atoms with Gasteiger partial charge in [-0.05, 0) is 75.7 Å². The Morgan fingerprint density at radius 1 is 1.27 bits per heavy atom. The average molecular weight is 325 g/mol. The molecule has 1 fully saturated rings. The van der Waals surface area contributed by atoms with Crippen LogP contribution >= 0.6 is 12.4 Å². The van der Waals surface area contributed by atoms with Crippen molar-refractivity contribution in [2.45, 2.75) is 52.5 Å². The normalized spacial score (nSPS) is 16.7. The summed E-state index contributed by atoms with van der Waals surface area (Å²) in [4.78, 5) is 12.1. The molecule has 1 aliphatic heterocycles. The van der Waals surface area contributed by atoms with Crippen LogP contribution in [0.25, 0.3) is 0 Å². The van der Waals surface area contributed by atoms with E-state index in [2.05, 4.69) is 49.6 Å². The van der Waals surface area contributed by atoms with Crippen molar-refractivity contribution >= 4 is 18.3 Å². The van der Waals surface area contributed by atoms with Crippen LogP contribution in [-0.4, -0.2) is 19.0 Å². The van der Waals surface area contributed by atoms with Gasteiger partial charge in [-0.1, -0.05) is 18.2 Å². The number of hydrogen-bond acceptors (Lipinski definition) is 2. The highest BCUT2D eigenvalue weighted by Crippen LogP contribution is 2.19. The minimum Gasteiger partial charge on any atom is -0.350 e. The van der Waals surface area contributed by atoms with Crippen LogP contribution < -0.4 is 10.6 Å². The molecule has 0 aliphatic carbocycles. The lowest BCUT2D eigenvalue weighted by Gasteiger charge is -2.22. The topological polar surface area (TPSA) is 41.1 Å². The molecule has 1 saturated heterocycles. The van der Waals surface area contributed by atoms with Crippen molar-refractivity contribution in [1.29, 1.82) is 0 Å². The van der Waals surface area contributed by atoms with Gasteiger partial charge in [0.1, 0.15) is 0 Å². The van der Waals surface area contributed by atoms with E-state index in [4.69, 9.17) is 0 Å². The number of hydrogen-bond donors (Lipinski definition) is 2. The summed E-state index contributed by atoms with van der Waals surface area (Å²) in [7, 11) is 0. The van der Waals surface area contributed by atoms with Gasteiger partial charge in [0.15, 0.2) is 0 Å². The molecule has 3 nitrogen and oxygen atoms in total. The van der Waals surface area contributed by atoms with E-state index in [-0.39, 0.29) is 24.4 Å². The van der Waals surface area contributed by atoms with Crippen LogP contribution in [0.15, 0.2) is 18.2 Å². The summed E-state index contributed by atoms with van der Waals surface area (Å²) in [6.45, 7) is 8.50.